The van der Waals surface area contributed by atoms with E-state index in [4.69, 9.17) is 10.5 Å². The first-order valence-electron chi connectivity index (χ1n) is 5.15. The van der Waals surface area contributed by atoms with Crippen molar-refractivity contribution in [2.45, 2.75) is 12.5 Å². The van der Waals surface area contributed by atoms with E-state index in [1.807, 2.05) is 0 Å². The molecule has 0 aliphatic heterocycles. The standard InChI is InChI=1S/C12H17NO4/c1-12(15,7-13)9-6-8(11(14)17-3)4-5-10(9)16-2/h4-6,15H,7,13H2,1-3H3. The summed E-state index contributed by atoms with van der Waals surface area (Å²) in [6.07, 6.45) is 0. The summed E-state index contributed by atoms with van der Waals surface area (Å²) in [4.78, 5) is 11.4. The first-order valence-corrected chi connectivity index (χ1v) is 5.15. The zero-order valence-electron chi connectivity index (χ0n) is 10.2. The lowest BCUT2D eigenvalue weighted by atomic mass is 9.93. The van der Waals surface area contributed by atoms with Gasteiger partial charge in [0.25, 0.3) is 0 Å². The summed E-state index contributed by atoms with van der Waals surface area (Å²) < 4.78 is 9.75. The number of benzene rings is 1. The van der Waals surface area contributed by atoms with E-state index in [0.717, 1.165) is 0 Å². The molecule has 0 aliphatic rings. The zero-order chi connectivity index (χ0) is 13.1. The number of aliphatic hydroxyl groups is 1. The van der Waals surface area contributed by atoms with Gasteiger partial charge in [0.1, 0.15) is 11.4 Å². The summed E-state index contributed by atoms with van der Waals surface area (Å²) in [7, 11) is 2.79. The lowest BCUT2D eigenvalue weighted by molar-refractivity contribution is 0.0591. The number of carbonyl (C=O) groups is 1. The molecule has 0 fully saturated rings. The summed E-state index contributed by atoms with van der Waals surface area (Å²) in [5, 5.41) is 10.1. The number of hydrogen-bond acceptors (Lipinski definition) is 5. The quantitative estimate of drug-likeness (QED) is 0.754. The number of rotatable bonds is 4. The Bertz CT molecular complexity index is 415. The molecule has 3 N–H and O–H groups in total. The second-order valence-electron chi connectivity index (χ2n) is 3.88. The first-order chi connectivity index (χ1) is 7.96. The van der Waals surface area contributed by atoms with E-state index in [1.165, 1.54) is 20.3 Å². The van der Waals surface area contributed by atoms with Crippen molar-refractivity contribution in [3.8, 4) is 5.75 Å². The van der Waals surface area contributed by atoms with Crippen LogP contribution >= 0.6 is 0 Å². The van der Waals surface area contributed by atoms with Gasteiger partial charge in [-0.05, 0) is 25.1 Å². The Kier molecular flexibility index (Phi) is 4.09. The maximum Gasteiger partial charge on any atom is 0.337 e. The van der Waals surface area contributed by atoms with Gasteiger partial charge in [-0.25, -0.2) is 4.79 Å². The summed E-state index contributed by atoms with van der Waals surface area (Å²) in [5.41, 5.74) is 5.05. The normalized spacial score (nSPS) is 13.9. The topological polar surface area (TPSA) is 81.8 Å². The number of carbonyl (C=O) groups excluding carboxylic acids is 1. The van der Waals surface area contributed by atoms with Gasteiger partial charge in [-0.3, -0.25) is 0 Å². The van der Waals surface area contributed by atoms with Crippen molar-refractivity contribution >= 4 is 5.97 Å². The Hall–Kier alpha value is -1.59. The second-order valence-corrected chi connectivity index (χ2v) is 3.88. The molecule has 94 valence electrons. The van der Waals surface area contributed by atoms with E-state index in [0.29, 0.717) is 16.9 Å². The van der Waals surface area contributed by atoms with Gasteiger partial charge in [-0.2, -0.15) is 0 Å². The van der Waals surface area contributed by atoms with Crippen LogP contribution in [0.3, 0.4) is 0 Å². The lowest BCUT2D eigenvalue weighted by Gasteiger charge is -2.24. The summed E-state index contributed by atoms with van der Waals surface area (Å²) >= 11 is 0. The highest BCUT2D eigenvalue weighted by atomic mass is 16.5. The smallest absolute Gasteiger partial charge is 0.337 e. The van der Waals surface area contributed by atoms with Gasteiger partial charge in [-0.15, -0.1) is 0 Å². The third kappa shape index (κ3) is 2.75. The molecule has 0 radical (unpaired) electrons. The molecule has 0 bridgehead atoms. The van der Waals surface area contributed by atoms with Gasteiger partial charge < -0.3 is 20.3 Å². The number of esters is 1. The Balaban J connectivity index is 3.29. The third-order valence-corrected chi connectivity index (χ3v) is 2.60. The predicted molar refractivity (Wildman–Crippen MR) is 63.0 cm³/mol. The minimum absolute atomic E-state index is 0.0218. The molecular weight excluding hydrogens is 222 g/mol. The van der Waals surface area contributed by atoms with Crippen molar-refractivity contribution in [3.05, 3.63) is 29.3 Å². The molecule has 0 saturated heterocycles. The van der Waals surface area contributed by atoms with Crippen LogP contribution in [0.15, 0.2) is 18.2 Å². The maximum absolute atomic E-state index is 11.4. The minimum atomic E-state index is -1.25. The van der Waals surface area contributed by atoms with Crippen molar-refractivity contribution in [3.63, 3.8) is 0 Å². The van der Waals surface area contributed by atoms with Crippen LogP contribution in [0.4, 0.5) is 0 Å². The van der Waals surface area contributed by atoms with Crippen LogP contribution < -0.4 is 10.5 Å². The van der Waals surface area contributed by atoms with E-state index >= 15 is 0 Å². The highest BCUT2D eigenvalue weighted by Gasteiger charge is 2.26. The van der Waals surface area contributed by atoms with Crippen LogP contribution in [0, 0.1) is 0 Å². The van der Waals surface area contributed by atoms with Gasteiger partial charge in [0.05, 0.1) is 19.8 Å². The molecule has 5 nitrogen and oxygen atoms in total. The van der Waals surface area contributed by atoms with Gasteiger partial charge >= 0.3 is 5.97 Å². The largest absolute Gasteiger partial charge is 0.496 e. The Labute approximate surface area is 100 Å². The molecule has 0 spiro atoms. The summed E-state index contributed by atoms with van der Waals surface area (Å²) in [6.45, 7) is 1.58. The average molecular weight is 239 g/mol. The van der Waals surface area contributed by atoms with Crippen LogP contribution in [0.2, 0.25) is 0 Å². The summed E-state index contributed by atoms with van der Waals surface area (Å²) in [5.74, 6) is 0.00910. The zero-order valence-corrected chi connectivity index (χ0v) is 10.2. The highest BCUT2D eigenvalue weighted by molar-refractivity contribution is 5.89. The van der Waals surface area contributed by atoms with Gasteiger partial charge in [-0.1, -0.05) is 0 Å². The average Bonchev–Trinajstić information content (AvgIpc) is 2.36. The molecule has 1 rings (SSSR count). The van der Waals surface area contributed by atoms with Crippen molar-refractivity contribution < 1.29 is 19.4 Å². The Morgan fingerprint density at radius 3 is 2.59 bits per heavy atom. The Morgan fingerprint density at radius 2 is 2.12 bits per heavy atom. The van der Waals surface area contributed by atoms with Crippen molar-refractivity contribution in [1.82, 2.24) is 0 Å². The lowest BCUT2D eigenvalue weighted by Crippen LogP contribution is -2.32. The molecule has 0 heterocycles. The monoisotopic (exact) mass is 239 g/mol. The van der Waals surface area contributed by atoms with Crippen molar-refractivity contribution in [1.29, 1.82) is 0 Å². The van der Waals surface area contributed by atoms with E-state index in [-0.39, 0.29) is 6.54 Å². The molecule has 0 aliphatic carbocycles. The van der Waals surface area contributed by atoms with Gasteiger partial charge in [0, 0.05) is 12.1 Å². The predicted octanol–water partition coefficient (Wildman–Crippen LogP) is 0.648. The number of methoxy groups -OCH3 is 2. The van der Waals surface area contributed by atoms with E-state index < -0.39 is 11.6 Å². The SMILES string of the molecule is COC(=O)c1ccc(OC)c(C(C)(O)CN)c1. The van der Waals surface area contributed by atoms with Crippen LogP contribution in [-0.4, -0.2) is 31.8 Å². The third-order valence-electron chi connectivity index (χ3n) is 2.60. The minimum Gasteiger partial charge on any atom is -0.496 e. The van der Waals surface area contributed by atoms with E-state index in [9.17, 15) is 9.90 Å². The molecule has 17 heavy (non-hydrogen) atoms. The molecule has 0 saturated carbocycles. The van der Waals surface area contributed by atoms with Gasteiger partial charge in [0.2, 0.25) is 0 Å². The molecule has 0 amide bonds. The fourth-order valence-electron chi connectivity index (χ4n) is 1.48. The first kappa shape index (κ1) is 13.5. The fourth-order valence-corrected chi connectivity index (χ4v) is 1.48. The molecule has 1 aromatic carbocycles. The van der Waals surface area contributed by atoms with Crippen LogP contribution in [0.25, 0.3) is 0 Å². The summed E-state index contributed by atoms with van der Waals surface area (Å²) in [6, 6.07) is 4.70. The molecule has 1 aromatic rings. The van der Waals surface area contributed by atoms with Crippen LogP contribution in [0.1, 0.15) is 22.8 Å². The Morgan fingerprint density at radius 1 is 1.47 bits per heavy atom. The number of hydrogen-bond donors (Lipinski definition) is 2. The molecule has 0 aromatic heterocycles. The molecule has 1 unspecified atom stereocenters. The number of nitrogens with two attached hydrogens (primary N) is 1. The van der Waals surface area contributed by atoms with Crippen molar-refractivity contribution in [2.24, 2.45) is 5.73 Å². The van der Waals surface area contributed by atoms with Crippen LogP contribution in [-0.2, 0) is 10.3 Å². The molecular formula is C12H17NO4. The molecule has 1 atom stereocenters. The van der Waals surface area contributed by atoms with Crippen molar-refractivity contribution in [2.75, 3.05) is 20.8 Å². The fraction of sp³-hybridized carbons (Fsp3) is 0.417. The highest BCUT2D eigenvalue weighted by Crippen LogP contribution is 2.30. The second kappa shape index (κ2) is 5.16. The maximum atomic E-state index is 11.4. The van der Waals surface area contributed by atoms with Crippen LogP contribution in [0.5, 0.6) is 5.75 Å². The van der Waals surface area contributed by atoms with E-state index in [2.05, 4.69) is 4.74 Å². The van der Waals surface area contributed by atoms with Gasteiger partial charge in [0.15, 0.2) is 0 Å². The number of ether oxygens (including phenoxy) is 2. The molecule has 5 heteroatoms. The van der Waals surface area contributed by atoms with E-state index in [1.54, 1.807) is 19.1 Å².